The quantitative estimate of drug-likeness (QED) is 0.472. The number of hydrogen-bond donors (Lipinski definition) is 1. The first-order valence-electron chi connectivity index (χ1n) is 9.83. The average Bonchev–Trinajstić information content (AvgIpc) is 2.89. The third kappa shape index (κ3) is 4.46. The molecular weight excluding hydrogens is 386 g/mol. The number of carbonyl (C=O) groups excluding carboxylic acids is 3. The van der Waals surface area contributed by atoms with E-state index < -0.39 is 17.6 Å². The lowest BCUT2D eigenvalue weighted by Crippen LogP contribution is -2.44. The third-order valence-electron chi connectivity index (χ3n) is 4.72. The molecule has 0 saturated carbocycles. The molecule has 0 radical (unpaired) electrons. The van der Waals surface area contributed by atoms with Crippen LogP contribution >= 0.6 is 0 Å². The number of para-hydroxylation sites is 1. The molecule has 1 aliphatic heterocycles. The molecule has 2 heterocycles. The van der Waals surface area contributed by atoms with Crippen molar-refractivity contribution in [3.63, 3.8) is 0 Å². The molecule has 158 valence electrons. The molecule has 30 heavy (non-hydrogen) atoms. The number of amides is 2. The summed E-state index contributed by atoms with van der Waals surface area (Å²) in [7, 11) is 1.62. The van der Waals surface area contributed by atoms with E-state index in [0.29, 0.717) is 23.0 Å². The number of carbonyl (C=O) groups is 3. The molecule has 0 aliphatic carbocycles. The Hall–Kier alpha value is -3.34. The maximum Gasteiger partial charge on any atom is 0.329 e. The Kier molecular flexibility index (Phi) is 5.83. The minimum Gasteiger partial charge on any atom is -0.460 e. The Labute approximate surface area is 174 Å². The van der Waals surface area contributed by atoms with Gasteiger partial charge in [-0.1, -0.05) is 17.9 Å². The highest BCUT2D eigenvalue weighted by molar-refractivity contribution is 6.00. The second-order valence-electron chi connectivity index (χ2n) is 8.24. The molecule has 3 rings (SSSR count). The zero-order valence-corrected chi connectivity index (χ0v) is 17.6. The number of hydrogen-bond acceptors (Lipinski definition) is 5. The number of rotatable bonds is 3. The average molecular weight is 411 g/mol. The summed E-state index contributed by atoms with van der Waals surface area (Å²) in [5.74, 6) is 4.86. The van der Waals surface area contributed by atoms with Crippen molar-refractivity contribution in [3.05, 3.63) is 34.2 Å². The summed E-state index contributed by atoms with van der Waals surface area (Å²) >= 11 is 0. The van der Waals surface area contributed by atoms with Gasteiger partial charge in [0, 0.05) is 19.9 Å². The number of nitrogens with zero attached hydrogens (tertiary/aromatic N) is 2. The molecule has 1 unspecified atom stereocenters. The lowest BCUT2D eigenvalue weighted by atomic mass is 10.1. The number of aryl methyl sites for hydroxylation is 1. The zero-order valence-electron chi connectivity index (χ0n) is 17.6. The fraction of sp³-hybridized carbons (Fsp3) is 0.455. The SMILES string of the molecule is Cn1c(=O)n(C2CCC(=O)NC2=O)c2cccc(C#CCCC(=O)OC(C)(C)C)c21. The highest BCUT2D eigenvalue weighted by Crippen LogP contribution is 2.24. The largest absolute Gasteiger partial charge is 0.460 e. The summed E-state index contributed by atoms with van der Waals surface area (Å²) in [6, 6.07) is 4.57. The zero-order chi connectivity index (χ0) is 22.1. The smallest absolute Gasteiger partial charge is 0.329 e. The van der Waals surface area contributed by atoms with Crippen LogP contribution in [0.2, 0.25) is 0 Å². The number of aromatic nitrogens is 2. The lowest BCUT2D eigenvalue weighted by molar-refractivity contribution is -0.154. The maximum atomic E-state index is 12.9. The highest BCUT2D eigenvalue weighted by atomic mass is 16.6. The first-order valence-corrected chi connectivity index (χ1v) is 9.83. The molecule has 8 nitrogen and oxygen atoms in total. The van der Waals surface area contributed by atoms with Gasteiger partial charge in [-0.3, -0.25) is 28.8 Å². The normalized spacial score (nSPS) is 16.7. The van der Waals surface area contributed by atoms with E-state index in [0.717, 1.165) is 0 Å². The van der Waals surface area contributed by atoms with Crippen molar-refractivity contribution in [1.82, 2.24) is 14.5 Å². The molecular formula is C22H25N3O5. The number of ether oxygens (including phenoxy) is 1. The van der Waals surface area contributed by atoms with Crippen molar-refractivity contribution >= 4 is 28.8 Å². The van der Waals surface area contributed by atoms with Crippen molar-refractivity contribution < 1.29 is 19.1 Å². The molecule has 0 bridgehead atoms. The molecule has 0 spiro atoms. The molecule has 2 aromatic rings. The van der Waals surface area contributed by atoms with Crippen LogP contribution in [0.5, 0.6) is 0 Å². The van der Waals surface area contributed by atoms with E-state index >= 15 is 0 Å². The fourth-order valence-electron chi connectivity index (χ4n) is 3.48. The summed E-state index contributed by atoms with van der Waals surface area (Å²) in [6.45, 7) is 5.43. The van der Waals surface area contributed by atoms with Gasteiger partial charge in [0.05, 0.1) is 23.0 Å². The summed E-state index contributed by atoms with van der Waals surface area (Å²) < 4.78 is 8.14. The van der Waals surface area contributed by atoms with E-state index in [4.69, 9.17) is 4.74 Å². The van der Waals surface area contributed by atoms with Gasteiger partial charge >= 0.3 is 11.7 Å². The molecule has 1 fully saturated rings. The van der Waals surface area contributed by atoms with E-state index in [-0.39, 0.29) is 36.8 Å². The first kappa shape index (κ1) is 21.4. The predicted octanol–water partition coefficient (Wildman–Crippen LogP) is 1.79. The summed E-state index contributed by atoms with van der Waals surface area (Å²) in [5.41, 5.74) is 0.936. The molecule has 1 aliphatic rings. The highest BCUT2D eigenvalue weighted by Gasteiger charge is 2.31. The van der Waals surface area contributed by atoms with Gasteiger partial charge in [0.2, 0.25) is 11.8 Å². The minimum atomic E-state index is -0.741. The number of imide groups is 1. The van der Waals surface area contributed by atoms with Crippen molar-refractivity contribution in [3.8, 4) is 11.8 Å². The van der Waals surface area contributed by atoms with Crippen molar-refractivity contribution in [1.29, 1.82) is 0 Å². The summed E-state index contributed by atoms with van der Waals surface area (Å²) in [5, 5.41) is 2.29. The Balaban J connectivity index is 1.89. The Morgan fingerprint density at radius 3 is 2.67 bits per heavy atom. The molecule has 1 saturated heterocycles. The Morgan fingerprint density at radius 2 is 2.00 bits per heavy atom. The number of imidazole rings is 1. The van der Waals surface area contributed by atoms with Crippen LogP contribution in [0.4, 0.5) is 0 Å². The van der Waals surface area contributed by atoms with E-state index in [1.807, 2.05) is 20.8 Å². The van der Waals surface area contributed by atoms with Gasteiger partial charge in [0.25, 0.3) is 0 Å². The minimum absolute atomic E-state index is 0.177. The van der Waals surface area contributed by atoms with Crippen LogP contribution in [0.25, 0.3) is 11.0 Å². The van der Waals surface area contributed by atoms with Crippen LogP contribution in [0, 0.1) is 11.8 Å². The number of esters is 1. The molecule has 1 aromatic carbocycles. The predicted molar refractivity (Wildman–Crippen MR) is 111 cm³/mol. The second kappa shape index (κ2) is 8.19. The van der Waals surface area contributed by atoms with Crippen molar-refractivity contribution in [2.75, 3.05) is 0 Å². The summed E-state index contributed by atoms with van der Waals surface area (Å²) in [6.07, 6.45) is 0.961. The van der Waals surface area contributed by atoms with Gasteiger partial charge in [-0.05, 0) is 39.3 Å². The number of fused-ring (bicyclic) bond motifs is 1. The maximum absolute atomic E-state index is 12.9. The first-order chi connectivity index (χ1) is 14.1. The van der Waals surface area contributed by atoms with Crippen LogP contribution in [0.15, 0.2) is 23.0 Å². The molecule has 8 heteroatoms. The fourth-order valence-corrected chi connectivity index (χ4v) is 3.48. The summed E-state index contributed by atoms with van der Waals surface area (Å²) in [4.78, 5) is 48.4. The van der Waals surface area contributed by atoms with Gasteiger partial charge in [-0.2, -0.15) is 0 Å². The van der Waals surface area contributed by atoms with Crippen molar-refractivity contribution in [2.45, 2.75) is 58.1 Å². The molecule has 1 atom stereocenters. The topological polar surface area (TPSA) is 99.4 Å². The standard InChI is InChI=1S/C22H25N3O5/c1-22(2,3)30-18(27)11-6-5-8-14-9-7-10-15-19(14)24(4)21(29)25(15)16-12-13-17(26)23-20(16)28/h7,9-10,16H,6,11-13H2,1-4H3,(H,23,26,28). The van der Waals surface area contributed by atoms with Gasteiger partial charge in [-0.15, -0.1) is 0 Å². The van der Waals surface area contributed by atoms with E-state index in [1.54, 1.807) is 25.2 Å². The van der Waals surface area contributed by atoms with Crippen LogP contribution in [-0.4, -0.2) is 32.5 Å². The van der Waals surface area contributed by atoms with Gasteiger partial charge < -0.3 is 4.74 Å². The van der Waals surface area contributed by atoms with E-state index in [2.05, 4.69) is 17.2 Å². The van der Waals surface area contributed by atoms with Crippen LogP contribution in [0.1, 0.15) is 58.1 Å². The molecule has 1 aromatic heterocycles. The lowest BCUT2D eigenvalue weighted by Gasteiger charge is -2.21. The van der Waals surface area contributed by atoms with Gasteiger partial charge in [0.1, 0.15) is 11.6 Å². The number of nitrogens with one attached hydrogen (secondary N) is 1. The Morgan fingerprint density at radius 1 is 1.27 bits per heavy atom. The second-order valence-corrected chi connectivity index (χ2v) is 8.24. The monoisotopic (exact) mass is 411 g/mol. The van der Waals surface area contributed by atoms with E-state index in [1.165, 1.54) is 9.13 Å². The van der Waals surface area contributed by atoms with Crippen LogP contribution in [0.3, 0.4) is 0 Å². The van der Waals surface area contributed by atoms with Gasteiger partial charge in [0.15, 0.2) is 0 Å². The molecule has 1 N–H and O–H groups in total. The third-order valence-corrected chi connectivity index (χ3v) is 4.72. The van der Waals surface area contributed by atoms with Crippen LogP contribution < -0.4 is 11.0 Å². The van der Waals surface area contributed by atoms with Gasteiger partial charge in [-0.25, -0.2) is 4.79 Å². The van der Waals surface area contributed by atoms with Crippen molar-refractivity contribution in [2.24, 2.45) is 7.05 Å². The number of benzene rings is 1. The Bertz CT molecular complexity index is 1140. The van der Waals surface area contributed by atoms with Crippen LogP contribution in [-0.2, 0) is 26.2 Å². The molecule has 2 amide bonds. The van der Waals surface area contributed by atoms with E-state index in [9.17, 15) is 19.2 Å². The number of piperidine rings is 1.